The van der Waals surface area contributed by atoms with Crippen LogP contribution in [0.25, 0.3) is 11.1 Å². The Balaban J connectivity index is 2.07. The van der Waals surface area contributed by atoms with Crippen LogP contribution in [0.4, 0.5) is 0 Å². The van der Waals surface area contributed by atoms with Gasteiger partial charge in [0, 0.05) is 4.90 Å². The van der Waals surface area contributed by atoms with Crippen LogP contribution in [0.1, 0.15) is 36.5 Å². The monoisotopic (exact) mass is 254 g/mol. The van der Waals surface area contributed by atoms with Crippen LogP contribution in [0.3, 0.4) is 0 Å². The summed E-state index contributed by atoms with van der Waals surface area (Å²) in [7, 11) is 0. The van der Waals surface area contributed by atoms with E-state index in [1.807, 2.05) is 11.8 Å². The molecule has 0 spiro atoms. The molecule has 0 N–H and O–H groups in total. The van der Waals surface area contributed by atoms with Gasteiger partial charge in [-0.05, 0) is 58.5 Å². The van der Waals surface area contributed by atoms with Gasteiger partial charge in [-0.2, -0.15) is 0 Å². The fourth-order valence-electron chi connectivity index (χ4n) is 2.69. The van der Waals surface area contributed by atoms with E-state index in [1.54, 1.807) is 0 Å². The van der Waals surface area contributed by atoms with E-state index in [9.17, 15) is 0 Å². The molecule has 2 aromatic carbocycles. The molecule has 0 amide bonds. The number of hydrogen-bond donors (Lipinski definition) is 0. The third kappa shape index (κ3) is 1.87. The van der Waals surface area contributed by atoms with E-state index in [1.165, 1.54) is 32.7 Å². The summed E-state index contributed by atoms with van der Waals surface area (Å²) in [6.45, 7) is 4.52. The van der Waals surface area contributed by atoms with Crippen molar-refractivity contribution >= 4 is 11.8 Å². The number of hydrogen-bond acceptors (Lipinski definition) is 1. The third-order valence-corrected chi connectivity index (χ3v) is 4.50. The zero-order valence-corrected chi connectivity index (χ0v) is 12.0. The molecular weight excluding hydrogens is 236 g/mol. The standard InChI is InChI=1S/C17H18S/c1-11(2)12-4-6-16-13(8-12)9-14-10-15(18-3)5-7-17(14)16/h4-8,10-11H,9H2,1-3H3. The first-order valence-electron chi connectivity index (χ1n) is 6.49. The molecule has 0 aliphatic heterocycles. The lowest BCUT2D eigenvalue weighted by Gasteiger charge is -2.08. The first-order chi connectivity index (χ1) is 8.69. The third-order valence-electron chi connectivity index (χ3n) is 3.78. The summed E-state index contributed by atoms with van der Waals surface area (Å²) in [5.41, 5.74) is 7.29. The average molecular weight is 254 g/mol. The van der Waals surface area contributed by atoms with E-state index in [0.29, 0.717) is 5.92 Å². The Bertz CT molecular complexity index is 597. The Hall–Kier alpha value is -1.21. The van der Waals surface area contributed by atoms with Crippen LogP contribution < -0.4 is 0 Å². The Morgan fingerprint density at radius 3 is 2.28 bits per heavy atom. The molecular formula is C17H18S. The summed E-state index contributed by atoms with van der Waals surface area (Å²) in [5.74, 6) is 0.612. The molecule has 92 valence electrons. The molecule has 1 heteroatoms. The number of fused-ring (bicyclic) bond motifs is 3. The molecule has 0 nitrogen and oxygen atoms in total. The summed E-state index contributed by atoms with van der Waals surface area (Å²) in [5, 5.41) is 0. The molecule has 1 aliphatic rings. The number of rotatable bonds is 2. The molecule has 3 rings (SSSR count). The predicted octanol–water partition coefficient (Wildman–Crippen LogP) is 5.10. The molecule has 0 bridgehead atoms. The summed E-state index contributed by atoms with van der Waals surface area (Å²) in [6.07, 6.45) is 3.24. The van der Waals surface area contributed by atoms with Crippen molar-refractivity contribution in [3.63, 3.8) is 0 Å². The maximum atomic E-state index is 2.39. The molecule has 1 aliphatic carbocycles. The van der Waals surface area contributed by atoms with Crippen molar-refractivity contribution in [2.24, 2.45) is 0 Å². The molecule has 18 heavy (non-hydrogen) atoms. The minimum absolute atomic E-state index is 0.612. The highest BCUT2D eigenvalue weighted by Gasteiger charge is 2.19. The fraction of sp³-hybridized carbons (Fsp3) is 0.294. The molecule has 0 fully saturated rings. The summed E-state index contributed by atoms with van der Waals surface area (Å²) in [6, 6.07) is 13.8. The predicted molar refractivity (Wildman–Crippen MR) is 80.6 cm³/mol. The van der Waals surface area contributed by atoms with Gasteiger partial charge in [-0.3, -0.25) is 0 Å². The van der Waals surface area contributed by atoms with Crippen LogP contribution in [0.2, 0.25) is 0 Å². The first-order valence-corrected chi connectivity index (χ1v) is 7.71. The first kappa shape index (κ1) is 11.9. The van der Waals surface area contributed by atoms with E-state index < -0.39 is 0 Å². The largest absolute Gasteiger partial charge is 0.130 e. The smallest absolute Gasteiger partial charge is 0.00724 e. The van der Waals surface area contributed by atoms with Crippen LogP contribution in [0.5, 0.6) is 0 Å². The van der Waals surface area contributed by atoms with Gasteiger partial charge >= 0.3 is 0 Å². The Morgan fingerprint density at radius 2 is 1.61 bits per heavy atom. The maximum Gasteiger partial charge on any atom is 0.00724 e. The van der Waals surface area contributed by atoms with Crippen LogP contribution in [0, 0.1) is 0 Å². The number of benzene rings is 2. The zero-order valence-electron chi connectivity index (χ0n) is 11.2. The average Bonchev–Trinajstić information content (AvgIpc) is 2.74. The maximum absolute atomic E-state index is 2.39. The SMILES string of the molecule is CSc1ccc2c(c1)Cc1cc(C(C)C)ccc1-2. The Labute approximate surface area is 113 Å². The number of thioether (sulfide) groups is 1. The highest BCUT2D eigenvalue weighted by atomic mass is 32.2. The van der Waals surface area contributed by atoms with Gasteiger partial charge in [0.15, 0.2) is 0 Å². The highest BCUT2D eigenvalue weighted by molar-refractivity contribution is 7.98. The van der Waals surface area contributed by atoms with E-state index in [-0.39, 0.29) is 0 Å². The van der Waals surface area contributed by atoms with Crippen LogP contribution in [-0.2, 0) is 6.42 Å². The van der Waals surface area contributed by atoms with Gasteiger partial charge in [-0.25, -0.2) is 0 Å². The van der Waals surface area contributed by atoms with E-state index in [4.69, 9.17) is 0 Å². The molecule has 0 radical (unpaired) electrons. The minimum atomic E-state index is 0.612. The Morgan fingerprint density at radius 1 is 0.944 bits per heavy atom. The van der Waals surface area contributed by atoms with Crippen LogP contribution >= 0.6 is 11.8 Å². The van der Waals surface area contributed by atoms with Crippen molar-refractivity contribution in [3.8, 4) is 11.1 Å². The second-order valence-electron chi connectivity index (χ2n) is 5.27. The normalized spacial score (nSPS) is 12.7. The van der Waals surface area contributed by atoms with Gasteiger partial charge in [-0.1, -0.05) is 38.1 Å². The van der Waals surface area contributed by atoms with Gasteiger partial charge < -0.3 is 0 Å². The lowest BCUT2D eigenvalue weighted by atomic mass is 9.97. The van der Waals surface area contributed by atoms with Crippen molar-refractivity contribution in [2.75, 3.05) is 6.26 Å². The van der Waals surface area contributed by atoms with Gasteiger partial charge in [0.25, 0.3) is 0 Å². The van der Waals surface area contributed by atoms with E-state index >= 15 is 0 Å². The lowest BCUT2D eigenvalue weighted by molar-refractivity contribution is 0.864. The fourth-order valence-corrected chi connectivity index (χ4v) is 3.16. The highest BCUT2D eigenvalue weighted by Crippen LogP contribution is 2.39. The van der Waals surface area contributed by atoms with Gasteiger partial charge in [0.05, 0.1) is 0 Å². The van der Waals surface area contributed by atoms with Crippen molar-refractivity contribution in [3.05, 3.63) is 53.1 Å². The zero-order chi connectivity index (χ0) is 12.7. The molecule has 0 atom stereocenters. The summed E-state index contributed by atoms with van der Waals surface area (Å²) >= 11 is 1.82. The second kappa shape index (κ2) is 4.47. The summed E-state index contributed by atoms with van der Waals surface area (Å²) in [4.78, 5) is 1.37. The van der Waals surface area contributed by atoms with Gasteiger partial charge in [0.2, 0.25) is 0 Å². The van der Waals surface area contributed by atoms with Crippen molar-refractivity contribution < 1.29 is 0 Å². The molecule has 0 unspecified atom stereocenters. The molecule has 0 saturated heterocycles. The molecule has 2 aromatic rings. The topological polar surface area (TPSA) is 0 Å². The van der Waals surface area contributed by atoms with Gasteiger partial charge in [0.1, 0.15) is 0 Å². The van der Waals surface area contributed by atoms with Crippen molar-refractivity contribution in [1.82, 2.24) is 0 Å². The Kier molecular flexibility index (Phi) is 2.95. The van der Waals surface area contributed by atoms with Crippen molar-refractivity contribution in [1.29, 1.82) is 0 Å². The lowest BCUT2D eigenvalue weighted by Crippen LogP contribution is -1.89. The summed E-state index contributed by atoms with van der Waals surface area (Å²) < 4.78 is 0. The quantitative estimate of drug-likeness (QED) is 0.573. The second-order valence-corrected chi connectivity index (χ2v) is 6.15. The van der Waals surface area contributed by atoms with Crippen molar-refractivity contribution in [2.45, 2.75) is 31.1 Å². The van der Waals surface area contributed by atoms with E-state index in [0.717, 1.165) is 6.42 Å². The van der Waals surface area contributed by atoms with Crippen LogP contribution in [0.15, 0.2) is 41.3 Å². The van der Waals surface area contributed by atoms with Gasteiger partial charge in [-0.15, -0.1) is 11.8 Å². The van der Waals surface area contributed by atoms with E-state index in [2.05, 4.69) is 56.5 Å². The van der Waals surface area contributed by atoms with Crippen LogP contribution in [-0.4, -0.2) is 6.26 Å². The minimum Gasteiger partial charge on any atom is -0.130 e. The molecule has 0 saturated carbocycles. The molecule has 0 aromatic heterocycles. The molecule has 0 heterocycles.